The molecule has 2 rings (SSSR count). The molecule has 1 fully saturated rings. The van der Waals surface area contributed by atoms with E-state index in [0.29, 0.717) is 5.56 Å². The first-order chi connectivity index (χ1) is 9.29. The number of hydroxylamine groups is 2. The lowest BCUT2D eigenvalue weighted by molar-refractivity contribution is -0.130. The van der Waals surface area contributed by atoms with Crippen molar-refractivity contribution in [3.63, 3.8) is 0 Å². The average molecular weight is 264 g/mol. The van der Waals surface area contributed by atoms with Crippen LogP contribution in [0.1, 0.15) is 10.4 Å². The number of piperazine rings is 1. The molecule has 0 aromatic heterocycles. The molecular weight excluding hydrogens is 244 g/mol. The van der Waals surface area contributed by atoms with Crippen LogP contribution in [0.3, 0.4) is 0 Å². The number of hydrogen-bond donors (Lipinski definition) is 0. The van der Waals surface area contributed by atoms with E-state index in [-0.39, 0.29) is 5.97 Å². The minimum absolute atomic E-state index is 0.286. The molecule has 5 heteroatoms. The Morgan fingerprint density at radius 3 is 2.47 bits per heavy atom. The van der Waals surface area contributed by atoms with Gasteiger partial charge >= 0.3 is 5.97 Å². The second kappa shape index (κ2) is 7.23. The van der Waals surface area contributed by atoms with Gasteiger partial charge in [0.15, 0.2) is 0 Å². The van der Waals surface area contributed by atoms with Crippen molar-refractivity contribution in [3.05, 3.63) is 35.9 Å². The summed E-state index contributed by atoms with van der Waals surface area (Å²) in [6, 6.07) is 9.07. The lowest BCUT2D eigenvalue weighted by Gasteiger charge is -2.33. The van der Waals surface area contributed by atoms with Gasteiger partial charge in [-0.1, -0.05) is 18.2 Å². The van der Waals surface area contributed by atoms with Crippen LogP contribution >= 0.6 is 0 Å². The van der Waals surface area contributed by atoms with Gasteiger partial charge in [-0.25, -0.2) is 4.79 Å². The van der Waals surface area contributed by atoms with Gasteiger partial charge in [-0.3, -0.25) is 4.90 Å². The first kappa shape index (κ1) is 14.0. The van der Waals surface area contributed by atoms with Gasteiger partial charge in [0.1, 0.15) is 0 Å². The van der Waals surface area contributed by atoms with E-state index in [9.17, 15) is 4.79 Å². The molecule has 5 nitrogen and oxygen atoms in total. The molecule has 0 saturated carbocycles. The van der Waals surface area contributed by atoms with Gasteiger partial charge in [0.05, 0.1) is 12.2 Å². The van der Waals surface area contributed by atoms with Crippen molar-refractivity contribution in [2.24, 2.45) is 0 Å². The second-order valence-electron chi connectivity index (χ2n) is 4.51. The third-order valence-electron chi connectivity index (χ3n) is 3.16. The zero-order valence-corrected chi connectivity index (χ0v) is 11.2. The van der Waals surface area contributed by atoms with Crippen LogP contribution in [0.5, 0.6) is 0 Å². The Morgan fingerprint density at radius 2 is 1.84 bits per heavy atom. The van der Waals surface area contributed by atoms with Gasteiger partial charge in [0.2, 0.25) is 0 Å². The first-order valence-corrected chi connectivity index (χ1v) is 6.53. The van der Waals surface area contributed by atoms with E-state index in [4.69, 9.17) is 9.57 Å². The van der Waals surface area contributed by atoms with E-state index in [0.717, 1.165) is 39.3 Å². The third-order valence-corrected chi connectivity index (χ3v) is 3.16. The molecule has 1 saturated heterocycles. The Morgan fingerprint density at radius 1 is 1.16 bits per heavy atom. The lowest BCUT2D eigenvalue weighted by atomic mass is 10.2. The summed E-state index contributed by atoms with van der Waals surface area (Å²) in [4.78, 5) is 19.5. The monoisotopic (exact) mass is 264 g/mol. The van der Waals surface area contributed by atoms with E-state index in [1.54, 1.807) is 24.3 Å². The van der Waals surface area contributed by atoms with Gasteiger partial charge in [0.25, 0.3) is 0 Å². The number of ether oxygens (including phenoxy) is 1. The number of carbonyl (C=O) groups is 1. The van der Waals surface area contributed by atoms with Gasteiger partial charge in [-0.2, -0.15) is 0 Å². The summed E-state index contributed by atoms with van der Waals surface area (Å²) in [5, 5.41) is 1.73. The van der Waals surface area contributed by atoms with E-state index in [1.165, 1.54) is 0 Å². The fourth-order valence-corrected chi connectivity index (χ4v) is 2.01. The van der Waals surface area contributed by atoms with Crippen molar-refractivity contribution >= 4 is 5.97 Å². The highest BCUT2D eigenvalue weighted by atomic mass is 16.7. The highest BCUT2D eigenvalue weighted by molar-refractivity contribution is 5.89. The fourth-order valence-electron chi connectivity index (χ4n) is 2.01. The number of carbonyl (C=O) groups excluding carboxylic acids is 1. The fraction of sp³-hybridized carbons (Fsp3) is 0.500. The van der Waals surface area contributed by atoms with Crippen LogP contribution < -0.4 is 0 Å². The van der Waals surface area contributed by atoms with Crippen LogP contribution in [-0.4, -0.2) is 62.4 Å². The summed E-state index contributed by atoms with van der Waals surface area (Å²) < 4.78 is 5.05. The van der Waals surface area contributed by atoms with Gasteiger partial charge < -0.3 is 9.57 Å². The van der Waals surface area contributed by atoms with Crippen LogP contribution in [0.4, 0.5) is 0 Å². The molecule has 0 atom stereocenters. The van der Waals surface area contributed by atoms with Gasteiger partial charge in [0, 0.05) is 39.8 Å². The molecule has 104 valence electrons. The van der Waals surface area contributed by atoms with Gasteiger partial charge in [-0.05, 0) is 12.1 Å². The average Bonchev–Trinajstić information content (AvgIpc) is 2.47. The maximum absolute atomic E-state index is 11.9. The molecule has 0 spiro atoms. The Bertz CT molecular complexity index is 389. The molecule has 0 radical (unpaired) electrons. The number of hydrogen-bond acceptors (Lipinski definition) is 5. The molecule has 0 unspecified atom stereocenters. The molecule has 0 N–H and O–H groups in total. The molecule has 1 aromatic rings. The normalized spacial score (nSPS) is 17.3. The van der Waals surface area contributed by atoms with Crippen LogP contribution in [0, 0.1) is 0 Å². The van der Waals surface area contributed by atoms with E-state index in [1.807, 2.05) is 18.2 Å². The molecular formula is C14H20N2O3. The smallest absolute Gasteiger partial charge is 0.357 e. The second-order valence-corrected chi connectivity index (χ2v) is 4.51. The summed E-state index contributed by atoms with van der Waals surface area (Å²) >= 11 is 0. The van der Waals surface area contributed by atoms with Crippen molar-refractivity contribution in [1.29, 1.82) is 0 Å². The van der Waals surface area contributed by atoms with Crippen LogP contribution in [0.2, 0.25) is 0 Å². The van der Waals surface area contributed by atoms with Crippen molar-refractivity contribution < 1.29 is 14.4 Å². The number of benzene rings is 1. The Hall–Kier alpha value is -1.43. The molecule has 0 bridgehead atoms. The predicted octanol–water partition coefficient (Wildman–Crippen LogP) is 1.02. The lowest BCUT2D eigenvalue weighted by Crippen LogP contribution is -2.47. The van der Waals surface area contributed by atoms with Crippen molar-refractivity contribution in [2.45, 2.75) is 0 Å². The standard InChI is InChI=1S/C14H20N2O3/c1-18-12-11-15-7-9-16(10-8-15)19-14(17)13-5-3-2-4-6-13/h2-6H,7-12H2,1H3. The van der Waals surface area contributed by atoms with Crippen molar-refractivity contribution in [1.82, 2.24) is 9.96 Å². The minimum atomic E-state index is -0.286. The topological polar surface area (TPSA) is 42.0 Å². The van der Waals surface area contributed by atoms with Crippen molar-refractivity contribution in [3.8, 4) is 0 Å². The highest BCUT2D eigenvalue weighted by Gasteiger charge is 2.20. The minimum Gasteiger partial charge on any atom is -0.383 e. The zero-order chi connectivity index (χ0) is 13.5. The molecule has 0 aliphatic carbocycles. The van der Waals surface area contributed by atoms with Crippen LogP contribution in [-0.2, 0) is 9.57 Å². The molecule has 1 aliphatic heterocycles. The third kappa shape index (κ3) is 4.31. The van der Waals surface area contributed by atoms with Crippen LogP contribution in [0.25, 0.3) is 0 Å². The molecule has 1 aliphatic rings. The van der Waals surface area contributed by atoms with E-state index >= 15 is 0 Å². The summed E-state index contributed by atoms with van der Waals surface area (Å²) in [5.41, 5.74) is 0.587. The summed E-state index contributed by atoms with van der Waals surface area (Å²) in [6.45, 7) is 4.93. The largest absolute Gasteiger partial charge is 0.383 e. The molecule has 1 heterocycles. The number of nitrogens with zero attached hydrogens (tertiary/aromatic N) is 2. The zero-order valence-electron chi connectivity index (χ0n) is 11.2. The quantitative estimate of drug-likeness (QED) is 0.794. The van der Waals surface area contributed by atoms with Crippen molar-refractivity contribution in [2.75, 3.05) is 46.4 Å². The van der Waals surface area contributed by atoms with Gasteiger partial charge in [-0.15, -0.1) is 5.06 Å². The maximum Gasteiger partial charge on any atom is 0.357 e. The summed E-state index contributed by atoms with van der Waals surface area (Å²) in [7, 11) is 1.71. The Kier molecular flexibility index (Phi) is 5.32. The highest BCUT2D eigenvalue weighted by Crippen LogP contribution is 2.06. The maximum atomic E-state index is 11.9. The van der Waals surface area contributed by atoms with E-state index < -0.39 is 0 Å². The number of rotatable bonds is 5. The molecule has 0 amide bonds. The van der Waals surface area contributed by atoms with Crippen LogP contribution in [0.15, 0.2) is 30.3 Å². The molecule has 19 heavy (non-hydrogen) atoms. The summed E-state index contributed by atoms with van der Waals surface area (Å²) in [6.07, 6.45) is 0. The predicted molar refractivity (Wildman–Crippen MR) is 71.7 cm³/mol. The Labute approximate surface area is 113 Å². The number of methoxy groups -OCH3 is 1. The first-order valence-electron chi connectivity index (χ1n) is 6.53. The Balaban J connectivity index is 1.75. The SMILES string of the molecule is COCCN1CCN(OC(=O)c2ccccc2)CC1. The van der Waals surface area contributed by atoms with E-state index in [2.05, 4.69) is 4.90 Å². The molecule has 1 aromatic carbocycles. The summed E-state index contributed by atoms with van der Waals surface area (Å²) in [5.74, 6) is -0.286.